The number of hydroxylamine groups is 1. The number of carbonyl (C=O) groups excluding carboxylic acids is 1. The maximum absolute atomic E-state index is 10.8. The minimum atomic E-state index is -0.615. The highest BCUT2D eigenvalue weighted by Crippen LogP contribution is 2.25. The lowest BCUT2D eigenvalue weighted by molar-refractivity contribution is -0.124. The Balaban J connectivity index is 2.20. The Morgan fingerprint density at radius 2 is 2.17 bits per heavy atom. The molecule has 0 fully saturated rings. The highest BCUT2D eigenvalue weighted by Gasteiger charge is 2.03. The van der Waals surface area contributed by atoms with Crippen molar-refractivity contribution in [2.45, 2.75) is 0 Å². The first-order valence-corrected chi connectivity index (χ1v) is 5.55. The lowest BCUT2D eigenvalue weighted by Crippen LogP contribution is -2.14. The third-order valence-corrected chi connectivity index (χ3v) is 2.48. The third kappa shape index (κ3) is 3.00. The number of benzene rings is 1. The molecule has 1 aromatic carbocycles. The Kier molecular flexibility index (Phi) is 3.82. The molecule has 4 nitrogen and oxygen atoms in total. The molecule has 0 radical (unpaired) electrons. The number of halogens is 1. The molecule has 2 aromatic rings. The van der Waals surface area contributed by atoms with Crippen molar-refractivity contribution in [2.24, 2.45) is 0 Å². The number of nitrogens with one attached hydrogen (secondary N) is 1. The zero-order valence-corrected chi connectivity index (χ0v) is 10.0. The van der Waals surface area contributed by atoms with Crippen LogP contribution in [0.15, 0.2) is 46.9 Å². The summed E-state index contributed by atoms with van der Waals surface area (Å²) in [5.41, 5.74) is 2.35. The van der Waals surface area contributed by atoms with Gasteiger partial charge in [0.1, 0.15) is 11.5 Å². The maximum Gasteiger partial charge on any atom is 0.267 e. The molecule has 1 amide bonds. The standard InChI is InChI=1S/C13H10ClNO3/c14-10-3-1-2-9(8-10)12-6-4-11(18-12)5-7-13(16)15-17/h1-8,17H,(H,15,16). The first kappa shape index (κ1) is 12.4. The summed E-state index contributed by atoms with van der Waals surface area (Å²) in [6.45, 7) is 0. The van der Waals surface area contributed by atoms with E-state index in [2.05, 4.69) is 0 Å². The second kappa shape index (κ2) is 5.53. The summed E-state index contributed by atoms with van der Waals surface area (Å²) in [6, 6.07) is 10.8. The predicted octanol–water partition coefficient (Wildman–Crippen LogP) is 3.12. The number of hydrogen-bond acceptors (Lipinski definition) is 3. The topological polar surface area (TPSA) is 62.5 Å². The van der Waals surface area contributed by atoms with Crippen LogP contribution < -0.4 is 5.48 Å². The lowest BCUT2D eigenvalue weighted by atomic mass is 10.2. The summed E-state index contributed by atoms with van der Waals surface area (Å²) in [5.74, 6) is 0.547. The van der Waals surface area contributed by atoms with Crippen molar-refractivity contribution in [3.8, 4) is 11.3 Å². The van der Waals surface area contributed by atoms with Gasteiger partial charge in [-0.1, -0.05) is 23.7 Å². The summed E-state index contributed by atoms with van der Waals surface area (Å²) in [5, 5.41) is 8.96. The van der Waals surface area contributed by atoms with Gasteiger partial charge in [0, 0.05) is 16.7 Å². The van der Waals surface area contributed by atoms with Crippen molar-refractivity contribution >= 4 is 23.6 Å². The van der Waals surface area contributed by atoms with Crippen LogP contribution in [0.25, 0.3) is 17.4 Å². The lowest BCUT2D eigenvalue weighted by Gasteiger charge is -1.96. The molecule has 5 heteroatoms. The molecule has 1 aromatic heterocycles. The zero-order chi connectivity index (χ0) is 13.0. The van der Waals surface area contributed by atoms with Gasteiger partial charge in [-0.25, -0.2) is 5.48 Å². The molecule has 0 saturated heterocycles. The average Bonchev–Trinajstić information content (AvgIpc) is 2.84. The first-order chi connectivity index (χ1) is 8.69. The van der Waals surface area contributed by atoms with Gasteiger partial charge in [-0.3, -0.25) is 10.0 Å². The largest absolute Gasteiger partial charge is 0.457 e. The van der Waals surface area contributed by atoms with E-state index < -0.39 is 5.91 Å². The van der Waals surface area contributed by atoms with E-state index in [1.54, 1.807) is 24.3 Å². The van der Waals surface area contributed by atoms with Gasteiger partial charge in [-0.2, -0.15) is 0 Å². The number of hydrogen-bond donors (Lipinski definition) is 2. The molecule has 0 spiro atoms. The molecule has 92 valence electrons. The fraction of sp³-hybridized carbons (Fsp3) is 0. The van der Waals surface area contributed by atoms with Gasteiger partial charge >= 0.3 is 0 Å². The van der Waals surface area contributed by atoms with Crippen molar-refractivity contribution in [3.63, 3.8) is 0 Å². The predicted molar refractivity (Wildman–Crippen MR) is 68.1 cm³/mol. The zero-order valence-electron chi connectivity index (χ0n) is 9.26. The third-order valence-electron chi connectivity index (χ3n) is 2.25. The summed E-state index contributed by atoms with van der Waals surface area (Å²) in [4.78, 5) is 10.8. The highest BCUT2D eigenvalue weighted by molar-refractivity contribution is 6.30. The van der Waals surface area contributed by atoms with Crippen LogP contribution in [0.5, 0.6) is 0 Å². The Bertz CT molecular complexity index is 589. The normalized spacial score (nSPS) is 10.8. The van der Waals surface area contributed by atoms with Crippen molar-refractivity contribution in [3.05, 3.63) is 53.3 Å². The van der Waals surface area contributed by atoms with Gasteiger partial charge in [0.15, 0.2) is 0 Å². The van der Waals surface area contributed by atoms with Crippen molar-refractivity contribution < 1.29 is 14.4 Å². The molecular formula is C13H10ClNO3. The van der Waals surface area contributed by atoms with E-state index >= 15 is 0 Å². The molecule has 0 aliphatic heterocycles. The van der Waals surface area contributed by atoms with E-state index in [1.165, 1.54) is 17.6 Å². The smallest absolute Gasteiger partial charge is 0.267 e. The van der Waals surface area contributed by atoms with Crippen LogP contribution in [0.4, 0.5) is 0 Å². The average molecular weight is 264 g/mol. The van der Waals surface area contributed by atoms with Gasteiger partial charge in [0.05, 0.1) is 0 Å². The van der Waals surface area contributed by atoms with Crippen LogP contribution in [-0.4, -0.2) is 11.1 Å². The molecule has 0 atom stereocenters. The van der Waals surface area contributed by atoms with Crippen LogP contribution in [0.2, 0.25) is 5.02 Å². The van der Waals surface area contributed by atoms with Crippen molar-refractivity contribution in [2.75, 3.05) is 0 Å². The van der Waals surface area contributed by atoms with Gasteiger partial charge in [-0.15, -0.1) is 0 Å². The maximum atomic E-state index is 10.8. The van der Waals surface area contributed by atoms with E-state index in [1.807, 2.05) is 12.1 Å². The van der Waals surface area contributed by atoms with E-state index in [9.17, 15) is 4.79 Å². The molecule has 0 aliphatic carbocycles. The monoisotopic (exact) mass is 263 g/mol. The summed E-state index contributed by atoms with van der Waals surface area (Å²) in [7, 11) is 0. The molecule has 0 bridgehead atoms. The minimum Gasteiger partial charge on any atom is -0.457 e. The molecule has 0 unspecified atom stereocenters. The van der Waals surface area contributed by atoms with Crippen LogP contribution in [0, 0.1) is 0 Å². The van der Waals surface area contributed by atoms with Crippen molar-refractivity contribution in [1.29, 1.82) is 0 Å². The Morgan fingerprint density at radius 1 is 1.33 bits per heavy atom. The van der Waals surface area contributed by atoms with Gasteiger partial charge in [0.2, 0.25) is 0 Å². The summed E-state index contributed by atoms with van der Waals surface area (Å²) < 4.78 is 5.51. The molecule has 0 saturated carbocycles. The SMILES string of the molecule is O=C(C=Cc1ccc(-c2cccc(Cl)c2)o1)NO. The second-order valence-electron chi connectivity index (χ2n) is 3.52. The number of carbonyl (C=O) groups is 1. The fourth-order valence-electron chi connectivity index (χ4n) is 1.43. The van der Waals surface area contributed by atoms with Crippen molar-refractivity contribution in [1.82, 2.24) is 5.48 Å². The Labute approximate surface area is 108 Å². The Hall–Kier alpha value is -2.04. The first-order valence-electron chi connectivity index (χ1n) is 5.17. The van der Waals surface area contributed by atoms with Crippen LogP contribution in [-0.2, 0) is 4.79 Å². The second-order valence-corrected chi connectivity index (χ2v) is 3.96. The van der Waals surface area contributed by atoms with Gasteiger partial charge in [0.25, 0.3) is 5.91 Å². The summed E-state index contributed by atoms with van der Waals surface area (Å²) >= 11 is 5.89. The van der Waals surface area contributed by atoms with E-state index in [4.69, 9.17) is 21.2 Å². The highest BCUT2D eigenvalue weighted by atomic mass is 35.5. The molecule has 0 aliphatic rings. The molecule has 2 N–H and O–H groups in total. The molecule has 18 heavy (non-hydrogen) atoms. The van der Waals surface area contributed by atoms with Crippen LogP contribution in [0.1, 0.15) is 5.76 Å². The quantitative estimate of drug-likeness (QED) is 0.508. The Morgan fingerprint density at radius 3 is 2.89 bits per heavy atom. The van der Waals surface area contributed by atoms with E-state index in [0.717, 1.165) is 5.56 Å². The van der Waals surface area contributed by atoms with E-state index in [-0.39, 0.29) is 0 Å². The molecule has 2 rings (SSSR count). The fourth-order valence-corrected chi connectivity index (χ4v) is 1.62. The molecule has 1 heterocycles. The molecular weight excluding hydrogens is 254 g/mol. The van der Waals surface area contributed by atoms with E-state index in [0.29, 0.717) is 16.5 Å². The minimum absolute atomic E-state index is 0.508. The summed E-state index contributed by atoms with van der Waals surface area (Å²) in [6.07, 6.45) is 2.63. The number of amides is 1. The number of rotatable bonds is 3. The van der Waals surface area contributed by atoms with Gasteiger partial charge in [-0.05, 0) is 30.3 Å². The van der Waals surface area contributed by atoms with Gasteiger partial charge < -0.3 is 4.42 Å². The number of furan rings is 1. The van der Waals surface area contributed by atoms with Crippen LogP contribution >= 0.6 is 11.6 Å². The van der Waals surface area contributed by atoms with Crippen LogP contribution in [0.3, 0.4) is 0 Å².